The van der Waals surface area contributed by atoms with Crippen molar-refractivity contribution >= 4 is 5.96 Å². The highest BCUT2D eigenvalue weighted by Gasteiger charge is 2.34. The molecule has 172 valence electrons. The zero-order valence-electron chi connectivity index (χ0n) is 19.2. The monoisotopic (exact) mass is 437 g/mol. The van der Waals surface area contributed by atoms with Gasteiger partial charge in [0, 0.05) is 50.8 Å². The zero-order valence-corrected chi connectivity index (χ0v) is 19.2. The van der Waals surface area contributed by atoms with Crippen molar-refractivity contribution in [3.8, 4) is 5.75 Å². The molecule has 1 unspecified atom stereocenters. The molecule has 6 heteroatoms. The van der Waals surface area contributed by atoms with Crippen LogP contribution in [0, 0.1) is 6.92 Å². The molecule has 0 bridgehead atoms. The molecule has 0 amide bonds. The van der Waals surface area contributed by atoms with E-state index in [4.69, 9.17) is 14.2 Å². The van der Waals surface area contributed by atoms with E-state index >= 15 is 0 Å². The van der Waals surface area contributed by atoms with E-state index < -0.39 is 0 Å². The number of aryl methyl sites for hydroxylation is 1. The fourth-order valence-electron chi connectivity index (χ4n) is 4.48. The largest absolute Gasteiger partial charge is 0.488 e. The topological polar surface area (TPSA) is 64.1 Å². The molecule has 0 saturated carbocycles. The first kappa shape index (κ1) is 22.6. The van der Waals surface area contributed by atoms with E-state index in [9.17, 15) is 0 Å². The highest BCUT2D eigenvalue weighted by Crippen LogP contribution is 2.34. The van der Waals surface area contributed by atoms with Crippen LogP contribution in [-0.4, -0.2) is 52.1 Å². The average molecular weight is 438 g/mol. The lowest BCUT2D eigenvalue weighted by atomic mass is 9.74. The van der Waals surface area contributed by atoms with Gasteiger partial charge in [-0.1, -0.05) is 42.5 Å². The normalized spacial score (nSPS) is 20.7. The zero-order chi connectivity index (χ0) is 22.2. The Morgan fingerprint density at radius 1 is 1.06 bits per heavy atom. The van der Waals surface area contributed by atoms with Crippen molar-refractivity contribution in [2.45, 2.75) is 44.2 Å². The van der Waals surface area contributed by atoms with Crippen molar-refractivity contribution in [1.29, 1.82) is 0 Å². The number of ether oxygens (including phenoxy) is 3. The second-order valence-electron chi connectivity index (χ2n) is 8.75. The van der Waals surface area contributed by atoms with Gasteiger partial charge in [-0.25, -0.2) is 0 Å². The van der Waals surface area contributed by atoms with Crippen LogP contribution >= 0.6 is 0 Å². The van der Waals surface area contributed by atoms with Crippen molar-refractivity contribution in [3.63, 3.8) is 0 Å². The summed E-state index contributed by atoms with van der Waals surface area (Å²) in [5.41, 5.74) is 3.72. The minimum absolute atomic E-state index is 0.0533. The smallest absolute Gasteiger partial charge is 0.191 e. The van der Waals surface area contributed by atoms with E-state index in [2.05, 4.69) is 71.1 Å². The third-order valence-electron chi connectivity index (χ3n) is 6.50. The standard InChI is InChI=1S/C26H35N3O3/c1-20-8-9-21(24(16-20)32-23-10-13-31-18-23)17-28-25(27-2)29-19-26(11-14-30-15-12-26)22-6-4-3-5-7-22/h3-9,16,23H,10-15,17-19H2,1-2H3,(H2,27,28,29). The van der Waals surface area contributed by atoms with Crippen LogP contribution in [0.1, 0.15) is 36.0 Å². The van der Waals surface area contributed by atoms with Crippen LogP contribution in [-0.2, 0) is 21.4 Å². The molecule has 2 saturated heterocycles. The maximum atomic E-state index is 6.24. The molecule has 0 radical (unpaired) electrons. The number of hydrogen-bond acceptors (Lipinski definition) is 4. The van der Waals surface area contributed by atoms with E-state index in [1.807, 2.05) is 7.05 Å². The number of nitrogens with one attached hydrogen (secondary N) is 2. The van der Waals surface area contributed by atoms with Gasteiger partial charge >= 0.3 is 0 Å². The summed E-state index contributed by atoms with van der Waals surface area (Å²) < 4.78 is 17.4. The third-order valence-corrected chi connectivity index (χ3v) is 6.50. The van der Waals surface area contributed by atoms with Gasteiger partial charge in [-0.2, -0.15) is 0 Å². The maximum Gasteiger partial charge on any atom is 0.191 e. The van der Waals surface area contributed by atoms with E-state index in [0.717, 1.165) is 62.9 Å². The summed E-state index contributed by atoms with van der Waals surface area (Å²) in [6.07, 6.45) is 3.07. The number of rotatable bonds is 7. The molecule has 2 aromatic carbocycles. The fraction of sp³-hybridized carbons (Fsp3) is 0.500. The van der Waals surface area contributed by atoms with Crippen LogP contribution in [0.4, 0.5) is 0 Å². The molecule has 0 aromatic heterocycles. The summed E-state index contributed by atoms with van der Waals surface area (Å²) in [4.78, 5) is 4.47. The second-order valence-corrected chi connectivity index (χ2v) is 8.75. The lowest BCUT2D eigenvalue weighted by molar-refractivity contribution is 0.0514. The molecule has 0 aliphatic carbocycles. The quantitative estimate of drug-likeness (QED) is 0.512. The summed E-state index contributed by atoms with van der Waals surface area (Å²) in [5, 5.41) is 7.05. The Balaban J connectivity index is 1.40. The van der Waals surface area contributed by atoms with Gasteiger partial charge in [0.15, 0.2) is 5.96 Å². The van der Waals surface area contributed by atoms with E-state index in [1.165, 1.54) is 11.1 Å². The van der Waals surface area contributed by atoms with Gasteiger partial charge in [-0.05, 0) is 37.0 Å². The summed E-state index contributed by atoms with van der Waals surface area (Å²) in [5.74, 6) is 1.72. The SMILES string of the molecule is CN=C(NCc1ccc(C)cc1OC1CCOC1)NCC1(c2ccccc2)CCOCC1. The number of benzene rings is 2. The Bertz CT molecular complexity index is 888. The molecule has 1 atom stereocenters. The maximum absolute atomic E-state index is 6.24. The lowest BCUT2D eigenvalue weighted by Gasteiger charge is -2.38. The van der Waals surface area contributed by atoms with Crippen LogP contribution in [0.3, 0.4) is 0 Å². The minimum Gasteiger partial charge on any atom is -0.488 e. The van der Waals surface area contributed by atoms with Crippen molar-refractivity contribution in [3.05, 3.63) is 65.2 Å². The van der Waals surface area contributed by atoms with Crippen molar-refractivity contribution in [1.82, 2.24) is 10.6 Å². The Labute approximate surface area is 191 Å². The number of nitrogens with zero attached hydrogens (tertiary/aromatic N) is 1. The van der Waals surface area contributed by atoms with Crippen LogP contribution < -0.4 is 15.4 Å². The van der Waals surface area contributed by atoms with Gasteiger partial charge in [-0.15, -0.1) is 0 Å². The van der Waals surface area contributed by atoms with Crippen molar-refractivity contribution in [2.24, 2.45) is 4.99 Å². The Morgan fingerprint density at radius 3 is 2.59 bits per heavy atom. The van der Waals surface area contributed by atoms with Gasteiger partial charge in [0.05, 0.1) is 13.2 Å². The summed E-state index contributed by atoms with van der Waals surface area (Å²) in [6.45, 7) is 6.56. The van der Waals surface area contributed by atoms with Crippen molar-refractivity contribution < 1.29 is 14.2 Å². The molecule has 0 spiro atoms. The highest BCUT2D eigenvalue weighted by molar-refractivity contribution is 5.79. The molecule has 2 fully saturated rings. The third kappa shape index (κ3) is 5.61. The van der Waals surface area contributed by atoms with E-state index in [1.54, 1.807) is 0 Å². The molecule has 2 aromatic rings. The predicted molar refractivity (Wildman–Crippen MR) is 127 cm³/mol. The van der Waals surface area contributed by atoms with Gasteiger partial charge in [0.1, 0.15) is 11.9 Å². The first-order valence-corrected chi connectivity index (χ1v) is 11.6. The number of guanidine groups is 1. The lowest BCUT2D eigenvalue weighted by Crippen LogP contribution is -2.47. The number of aliphatic imine (C=N–C) groups is 1. The Morgan fingerprint density at radius 2 is 1.88 bits per heavy atom. The van der Waals surface area contributed by atoms with Crippen LogP contribution in [0.2, 0.25) is 0 Å². The molecule has 6 nitrogen and oxygen atoms in total. The van der Waals surface area contributed by atoms with Crippen LogP contribution in [0.25, 0.3) is 0 Å². The van der Waals surface area contributed by atoms with Gasteiger partial charge in [0.2, 0.25) is 0 Å². The Kier molecular flexibility index (Phi) is 7.66. The molecule has 2 heterocycles. The van der Waals surface area contributed by atoms with Crippen LogP contribution in [0.15, 0.2) is 53.5 Å². The van der Waals surface area contributed by atoms with Gasteiger partial charge in [-0.3, -0.25) is 4.99 Å². The van der Waals surface area contributed by atoms with Crippen molar-refractivity contribution in [2.75, 3.05) is 40.0 Å². The fourth-order valence-corrected chi connectivity index (χ4v) is 4.48. The average Bonchev–Trinajstić information content (AvgIpc) is 3.34. The van der Waals surface area contributed by atoms with E-state index in [-0.39, 0.29) is 11.5 Å². The first-order chi connectivity index (χ1) is 15.7. The van der Waals surface area contributed by atoms with Gasteiger partial charge in [0.25, 0.3) is 0 Å². The molecular formula is C26H35N3O3. The second kappa shape index (κ2) is 10.8. The molecule has 2 N–H and O–H groups in total. The van der Waals surface area contributed by atoms with Gasteiger partial charge < -0.3 is 24.8 Å². The molecular weight excluding hydrogens is 402 g/mol. The molecule has 2 aliphatic rings. The predicted octanol–water partition coefficient (Wildman–Crippen LogP) is 3.58. The summed E-state index contributed by atoms with van der Waals surface area (Å²) in [7, 11) is 1.82. The molecule has 4 rings (SSSR count). The van der Waals surface area contributed by atoms with Crippen LogP contribution in [0.5, 0.6) is 5.75 Å². The summed E-state index contributed by atoms with van der Waals surface area (Å²) >= 11 is 0. The minimum atomic E-state index is 0.0533. The van der Waals surface area contributed by atoms with E-state index in [0.29, 0.717) is 13.2 Å². The first-order valence-electron chi connectivity index (χ1n) is 11.6. The number of hydrogen-bond donors (Lipinski definition) is 2. The highest BCUT2D eigenvalue weighted by atomic mass is 16.5. The Hall–Kier alpha value is -2.57. The summed E-state index contributed by atoms with van der Waals surface area (Å²) in [6, 6.07) is 17.1. The molecule has 32 heavy (non-hydrogen) atoms. The molecule has 2 aliphatic heterocycles.